The Labute approximate surface area is 90.8 Å². The Morgan fingerprint density at radius 3 is 2.54 bits per heavy atom. The van der Waals surface area contributed by atoms with Crippen LogP contribution in [0, 0.1) is 0 Å². The van der Waals surface area contributed by atoms with Crippen LogP contribution in [0.3, 0.4) is 0 Å². The number of rotatable bonds is 7. The van der Waals surface area contributed by atoms with E-state index in [1.54, 1.807) is 7.11 Å². The van der Waals surface area contributed by atoms with E-state index in [2.05, 4.69) is 41.7 Å². The molecule has 0 saturated heterocycles. The van der Waals surface area contributed by atoms with E-state index >= 15 is 0 Å². The van der Waals surface area contributed by atoms with Gasteiger partial charge in [-0.05, 0) is 20.4 Å². The van der Waals surface area contributed by atoms with Crippen LogP contribution in [0.5, 0.6) is 0 Å². The van der Waals surface area contributed by atoms with Gasteiger partial charge in [0.15, 0.2) is 0 Å². The van der Waals surface area contributed by atoms with Gasteiger partial charge in [-0.25, -0.2) is 0 Å². The van der Waals surface area contributed by atoms with Gasteiger partial charge in [0.2, 0.25) is 0 Å². The summed E-state index contributed by atoms with van der Waals surface area (Å²) < 4.78 is 5.07. The van der Waals surface area contributed by atoms with Crippen LogP contribution in [0.2, 0.25) is 0 Å². The molecule has 0 heterocycles. The van der Waals surface area contributed by atoms with E-state index in [4.69, 9.17) is 4.74 Å². The highest BCUT2D eigenvalue weighted by Crippen LogP contribution is 2.08. The van der Waals surface area contributed by atoms with Crippen molar-refractivity contribution in [3.63, 3.8) is 0 Å². The number of methoxy groups -OCH3 is 1. The van der Waals surface area contributed by atoms with Crippen LogP contribution in [-0.2, 0) is 4.74 Å². The van der Waals surface area contributed by atoms with Crippen LogP contribution in [0.15, 0.2) is 0 Å². The van der Waals surface area contributed by atoms with Crippen LogP contribution in [0.1, 0.15) is 26.7 Å². The summed E-state index contributed by atoms with van der Waals surface area (Å²) in [4.78, 5) is 2.82. The molecule has 0 aromatic rings. The molecule has 0 aliphatic carbocycles. The Bertz CT molecular complexity index is 121. The van der Waals surface area contributed by atoms with Crippen molar-refractivity contribution < 1.29 is 4.74 Å². The van der Waals surface area contributed by atoms with Gasteiger partial charge in [0.05, 0.1) is 11.4 Å². The van der Waals surface area contributed by atoms with Crippen molar-refractivity contribution in [1.82, 2.24) is 4.90 Å². The molecule has 3 heteroatoms. The minimum Gasteiger partial charge on any atom is -0.383 e. The first-order chi connectivity index (χ1) is 6.11. The lowest BCUT2D eigenvalue weighted by Crippen LogP contribution is -2.35. The maximum absolute atomic E-state index is 5.07. The van der Waals surface area contributed by atoms with Gasteiger partial charge in [0, 0.05) is 19.7 Å². The third kappa shape index (κ3) is 6.47. The smallest absolute Gasteiger partial charge is 0.0600 e. The molecule has 0 aromatic heterocycles. The zero-order valence-corrected chi connectivity index (χ0v) is 10.8. The maximum atomic E-state index is 5.07. The maximum Gasteiger partial charge on any atom is 0.0600 e. The molecule has 0 aliphatic heterocycles. The van der Waals surface area contributed by atoms with Crippen molar-refractivity contribution in [3.8, 4) is 0 Å². The number of ether oxygens (including phenoxy) is 1. The van der Waals surface area contributed by atoms with E-state index in [0.29, 0.717) is 10.9 Å². The quantitative estimate of drug-likeness (QED) is 0.645. The largest absolute Gasteiger partial charge is 0.383 e. The average molecular weight is 252 g/mol. The number of nitrogens with zero attached hydrogens (tertiary/aromatic N) is 1. The molecule has 2 atom stereocenters. The standard InChI is InChI=1S/C10H22BrNO/c1-5-6-9(2)12(3)7-10(11)8-13-4/h9-10H,5-8H2,1-4H3. The fourth-order valence-corrected chi connectivity index (χ4v) is 2.09. The van der Waals surface area contributed by atoms with Gasteiger partial charge in [0.1, 0.15) is 0 Å². The molecule has 0 saturated carbocycles. The summed E-state index contributed by atoms with van der Waals surface area (Å²) in [5.74, 6) is 0. The molecule has 0 aromatic carbocycles. The van der Waals surface area contributed by atoms with Crippen molar-refractivity contribution in [3.05, 3.63) is 0 Å². The third-order valence-corrected chi connectivity index (χ3v) is 2.85. The molecule has 2 unspecified atom stereocenters. The Morgan fingerprint density at radius 1 is 1.46 bits per heavy atom. The molecule has 13 heavy (non-hydrogen) atoms. The SMILES string of the molecule is CCCC(C)N(C)CC(Br)COC. The number of halogens is 1. The molecule has 80 valence electrons. The van der Waals surface area contributed by atoms with E-state index in [9.17, 15) is 0 Å². The molecule has 0 amide bonds. The Hall–Kier alpha value is 0.400. The average Bonchev–Trinajstić information content (AvgIpc) is 2.05. The molecule has 0 spiro atoms. The summed E-state index contributed by atoms with van der Waals surface area (Å²) in [6.45, 7) is 6.33. The van der Waals surface area contributed by atoms with Gasteiger partial charge in [-0.1, -0.05) is 29.3 Å². The van der Waals surface area contributed by atoms with Crippen molar-refractivity contribution in [2.24, 2.45) is 0 Å². The van der Waals surface area contributed by atoms with Crippen LogP contribution < -0.4 is 0 Å². The molecule has 0 radical (unpaired) electrons. The summed E-state index contributed by atoms with van der Waals surface area (Å²) in [5.41, 5.74) is 0. The van der Waals surface area contributed by atoms with Crippen LogP contribution in [-0.4, -0.2) is 43.1 Å². The lowest BCUT2D eigenvalue weighted by molar-refractivity contribution is 0.173. The molecule has 2 nitrogen and oxygen atoms in total. The first-order valence-electron chi connectivity index (χ1n) is 4.95. The van der Waals surface area contributed by atoms with E-state index in [1.807, 2.05) is 0 Å². The van der Waals surface area contributed by atoms with Crippen molar-refractivity contribution in [2.75, 3.05) is 27.3 Å². The van der Waals surface area contributed by atoms with Crippen LogP contribution in [0.4, 0.5) is 0 Å². The fourth-order valence-electron chi connectivity index (χ4n) is 1.36. The summed E-state index contributed by atoms with van der Waals surface area (Å²) in [6, 6.07) is 0.668. The first kappa shape index (κ1) is 13.4. The van der Waals surface area contributed by atoms with E-state index in [-0.39, 0.29) is 0 Å². The van der Waals surface area contributed by atoms with Crippen molar-refractivity contribution >= 4 is 15.9 Å². The number of hydrogen-bond donors (Lipinski definition) is 0. The molecular weight excluding hydrogens is 230 g/mol. The topological polar surface area (TPSA) is 12.5 Å². The Morgan fingerprint density at radius 2 is 2.08 bits per heavy atom. The minimum atomic E-state index is 0.446. The van der Waals surface area contributed by atoms with Crippen LogP contribution >= 0.6 is 15.9 Å². The highest BCUT2D eigenvalue weighted by Gasteiger charge is 2.12. The van der Waals surface area contributed by atoms with E-state index in [1.165, 1.54) is 12.8 Å². The highest BCUT2D eigenvalue weighted by atomic mass is 79.9. The Balaban J connectivity index is 3.64. The van der Waals surface area contributed by atoms with Gasteiger partial charge in [-0.3, -0.25) is 0 Å². The van der Waals surface area contributed by atoms with Crippen LogP contribution in [0.25, 0.3) is 0 Å². The highest BCUT2D eigenvalue weighted by molar-refractivity contribution is 9.09. The fraction of sp³-hybridized carbons (Fsp3) is 1.00. The van der Waals surface area contributed by atoms with Crippen molar-refractivity contribution in [1.29, 1.82) is 0 Å². The molecule has 0 bridgehead atoms. The minimum absolute atomic E-state index is 0.446. The van der Waals surface area contributed by atoms with E-state index < -0.39 is 0 Å². The summed E-state index contributed by atoms with van der Waals surface area (Å²) in [6.07, 6.45) is 2.52. The van der Waals surface area contributed by atoms with Gasteiger partial charge in [-0.2, -0.15) is 0 Å². The number of alkyl halides is 1. The monoisotopic (exact) mass is 251 g/mol. The van der Waals surface area contributed by atoms with Gasteiger partial charge >= 0.3 is 0 Å². The number of hydrogen-bond acceptors (Lipinski definition) is 2. The zero-order chi connectivity index (χ0) is 10.3. The summed E-state index contributed by atoms with van der Waals surface area (Å²) in [7, 11) is 3.91. The summed E-state index contributed by atoms with van der Waals surface area (Å²) >= 11 is 3.59. The second-order valence-electron chi connectivity index (χ2n) is 3.63. The lowest BCUT2D eigenvalue weighted by atomic mass is 10.2. The van der Waals surface area contributed by atoms with Gasteiger partial charge in [0.25, 0.3) is 0 Å². The molecular formula is C10H22BrNO. The van der Waals surface area contributed by atoms with Gasteiger partial charge < -0.3 is 9.64 Å². The van der Waals surface area contributed by atoms with E-state index in [0.717, 1.165) is 13.2 Å². The predicted octanol–water partition coefficient (Wildman–Crippen LogP) is 2.52. The Kier molecular flexibility index (Phi) is 8.01. The first-order valence-corrected chi connectivity index (χ1v) is 5.86. The third-order valence-electron chi connectivity index (χ3n) is 2.29. The normalized spacial score (nSPS) is 16.2. The van der Waals surface area contributed by atoms with Crippen molar-refractivity contribution in [2.45, 2.75) is 37.6 Å². The summed E-state index contributed by atoms with van der Waals surface area (Å²) in [5, 5.41) is 0. The van der Waals surface area contributed by atoms with Gasteiger partial charge in [-0.15, -0.1) is 0 Å². The second kappa shape index (κ2) is 7.77. The zero-order valence-electron chi connectivity index (χ0n) is 9.22. The lowest BCUT2D eigenvalue weighted by Gasteiger charge is -2.26. The molecule has 0 rings (SSSR count). The second-order valence-corrected chi connectivity index (χ2v) is 4.92. The molecule has 0 fully saturated rings. The predicted molar refractivity (Wildman–Crippen MR) is 61.6 cm³/mol. The molecule has 0 aliphatic rings. The molecule has 0 N–H and O–H groups in total.